The first-order chi connectivity index (χ1) is 5.36. The highest BCUT2D eigenvalue weighted by Crippen LogP contribution is 2.13. The topological polar surface area (TPSA) is 43.9 Å². The first-order valence-electron chi connectivity index (χ1n) is 3.16. The molecule has 0 amide bonds. The Morgan fingerprint density at radius 3 is 3.09 bits per heavy atom. The maximum Gasteiger partial charge on any atom is 0.181 e. The van der Waals surface area contributed by atoms with Crippen LogP contribution in [0.2, 0.25) is 0 Å². The van der Waals surface area contributed by atoms with E-state index in [4.69, 9.17) is 4.42 Å². The predicted molar refractivity (Wildman–Crippen MR) is 37.5 cm³/mol. The summed E-state index contributed by atoms with van der Waals surface area (Å²) in [6, 6.07) is 2.93. The maximum absolute atomic E-state index is 5.01. The highest BCUT2D eigenvalue weighted by molar-refractivity contribution is 5.47. The molecule has 0 spiro atoms. The van der Waals surface area contributed by atoms with Crippen LogP contribution in [0.15, 0.2) is 23.2 Å². The molecule has 0 atom stereocenters. The molecular formula is C7H6N3O. The molecule has 4 heteroatoms. The summed E-state index contributed by atoms with van der Waals surface area (Å²) < 4.78 is 6.68. The zero-order valence-corrected chi connectivity index (χ0v) is 5.98. The van der Waals surface area contributed by atoms with Crippen molar-refractivity contribution >= 4 is 0 Å². The second-order valence-electron chi connectivity index (χ2n) is 2.16. The van der Waals surface area contributed by atoms with Gasteiger partial charge in [0.05, 0.1) is 6.20 Å². The van der Waals surface area contributed by atoms with E-state index in [0.717, 1.165) is 0 Å². The van der Waals surface area contributed by atoms with E-state index in [-0.39, 0.29) is 0 Å². The number of rotatable bonds is 1. The van der Waals surface area contributed by atoms with Crippen molar-refractivity contribution in [2.75, 3.05) is 0 Å². The zero-order chi connectivity index (χ0) is 7.68. The van der Waals surface area contributed by atoms with Crippen molar-refractivity contribution in [2.45, 2.75) is 0 Å². The van der Waals surface area contributed by atoms with Crippen molar-refractivity contribution in [3.63, 3.8) is 0 Å². The third-order valence-corrected chi connectivity index (χ3v) is 1.31. The Morgan fingerprint density at radius 1 is 1.64 bits per heavy atom. The first kappa shape index (κ1) is 6.15. The predicted octanol–water partition coefficient (Wildman–Crippen LogP) is 0.875. The number of nitrogens with zero attached hydrogens (tertiary/aromatic N) is 3. The highest BCUT2D eigenvalue weighted by Gasteiger charge is 2.03. The van der Waals surface area contributed by atoms with Crippen LogP contribution in [0.1, 0.15) is 0 Å². The van der Waals surface area contributed by atoms with Crippen LogP contribution in [0.3, 0.4) is 0 Å². The molecule has 2 aromatic heterocycles. The van der Waals surface area contributed by atoms with E-state index in [1.54, 1.807) is 17.1 Å². The number of hydrogen-bond acceptors (Lipinski definition) is 3. The molecule has 0 saturated heterocycles. The summed E-state index contributed by atoms with van der Waals surface area (Å²) in [5.41, 5.74) is 0.685. The van der Waals surface area contributed by atoms with Crippen LogP contribution in [0.25, 0.3) is 11.5 Å². The van der Waals surface area contributed by atoms with Crippen molar-refractivity contribution in [3.05, 3.63) is 24.9 Å². The van der Waals surface area contributed by atoms with E-state index < -0.39 is 0 Å². The van der Waals surface area contributed by atoms with Gasteiger partial charge in [-0.1, -0.05) is 0 Å². The zero-order valence-electron chi connectivity index (χ0n) is 5.98. The average Bonchev–Trinajstić information content (AvgIpc) is 2.55. The fourth-order valence-electron chi connectivity index (χ4n) is 0.823. The van der Waals surface area contributed by atoms with Crippen molar-refractivity contribution in [1.29, 1.82) is 0 Å². The van der Waals surface area contributed by atoms with Crippen LogP contribution in [-0.4, -0.2) is 14.8 Å². The van der Waals surface area contributed by atoms with E-state index in [0.29, 0.717) is 11.5 Å². The Balaban J connectivity index is 2.45. The number of oxazole rings is 1. The summed E-state index contributed by atoms with van der Waals surface area (Å²) in [7, 11) is 1.83. The average molecular weight is 148 g/mol. The second kappa shape index (κ2) is 2.23. The van der Waals surface area contributed by atoms with E-state index in [9.17, 15) is 0 Å². The van der Waals surface area contributed by atoms with Crippen LogP contribution < -0.4 is 0 Å². The lowest BCUT2D eigenvalue weighted by molar-refractivity contribution is 0.568. The van der Waals surface area contributed by atoms with Gasteiger partial charge in [-0.25, -0.2) is 4.98 Å². The Hall–Kier alpha value is -1.58. The van der Waals surface area contributed by atoms with E-state index in [1.807, 2.05) is 7.05 Å². The second-order valence-corrected chi connectivity index (χ2v) is 2.16. The fourth-order valence-corrected chi connectivity index (χ4v) is 0.823. The molecule has 55 valence electrons. The molecule has 2 aromatic rings. The Morgan fingerprint density at radius 2 is 2.55 bits per heavy atom. The number of hydrogen-bond donors (Lipinski definition) is 0. The molecule has 0 aliphatic heterocycles. The molecule has 0 aliphatic carbocycles. The first-order valence-corrected chi connectivity index (χ1v) is 3.16. The van der Waals surface area contributed by atoms with Gasteiger partial charge in [0.15, 0.2) is 12.2 Å². The third-order valence-electron chi connectivity index (χ3n) is 1.31. The lowest BCUT2D eigenvalue weighted by Crippen LogP contribution is -1.86. The molecule has 4 nitrogen and oxygen atoms in total. The van der Waals surface area contributed by atoms with Gasteiger partial charge in [0.2, 0.25) is 0 Å². The third kappa shape index (κ3) is 1.02. The molecule has 0 bridgehead atoms. The number of aryl methyl sites for hydroxylation is 1. The lowest BCUT2D eigenvalue weighted by atomic mass is 10.4. The Labute approximate surface area is 63.5 Å². The van der Waals surface area contributed by atoms with E-state index in [2.05, 4.69) is 16.1 Å². The minimum absolute atomic E-state index is 0.644. The molecule has 0 saturated carbocycles. The molecule has 1 radical (unpaired) electrons. The van der Waals surface area contributed by atoms with Crippen molar-refractivity contribution in [1.82, 2.24) is 14.8 Å². The maximum atomic E-state index is 5.01. The van der Waals surface area contributed by atoms with Gasteiger partial charge < -0.3 is 4.42 Å². The Bertz CT molecular complexity index is 336. The fraction of sp³-hybridized carbons (Fsp3) is 0.143. The molecule has 0 aliphatic rings. The van der Waals surface area contributed by atoms with Crippen molar-refractivity contribution in [2.24, 2.45) is 7.05 Å². The minimum atomic E-state index is 0.644. The van der Waals surface area contributed by atoms with Gasteiger partial charge >= 0.3 is 0 Å². The summed E-state index contributed by atoms with van der Waals surface area (Å²) in [5, 5.41) is 4.08. The van der Waals surface area contributed by atoms with E-state index in [1.165, 1.54) is 6.39 Å². The summed E-state index contributed by atoms with van der Waals surface area (Å²) in [6.07, 6.45) is 4.72. The summed E-state index contributed by atoms with van der Waals surface area (Å²) in [4.78, 5) is 3.77. The van der Waals surface area contributed by atoms with Crippen LogP contribution in [-0.2, 0) is 7.05 Å². The van der Waals surface area contributed by atoms with E-state index >= 15 is 0 Å². The molecule has 0 unspecified atom stereocenters. The molecular weight excluding hydrogens is 142 g/mol. The SMILES string of the molecule is Cn1c[c]c(-c2cnco2)n1. The molecule has 0 fully saturated rings. The standard InChI is InChI=1S/C7H6N3O/c1-10-3-2-6(9-10)7-4-8-5-11-7/h3-5H,1H3. The van der Waals surface area contributed by atoms with Gasteiger partial charge in [0.25, 0.3) is 0 Å². The number of aromatic nitrogens is 3. The van der Waals surface area contributed by atoms with Crippen molar-refractivity contribution < 1.29 is 4.42 Å². The Kier molecular flexibility index (Phi) is 1.25. The normalized spacial score (nSPS) is 10.3. The monoisotopic (exact) mass is 148 g/mol. The van der Waals surface area contributed by atoms with Gasteiger partial charge in [-0.3, -0.25) is 4.68 Å². The molecule has 0 N–H and O–H groups in total. The molecule has 2 heterocycles. The largest absolute Gasteiger partial charge is 0.442 e. The summed E-state index contributed by atoms with van der Waals surface area (Å²) in [5.74, 6) is 0.644. The lowest BCUT2D eigenvalue weighted by Gasteiger charge is -1.85. The van der Waals surface area contributed by atoms with Crippen molar-refractivity contribution in [3.8, 4) is 11.5 Å². The van der Waals surface area contributed by atoms with Gasteiger partial charge in [0, 0.05) is 19.3 Å². The van der Waals surface area contributed by atoms with Crippen LogP contribution in [0, 0.1) is 6.07 Å². The van der Waals surface area contributed by atoms with Crippen LogP contribution in [0.4, 0.5) is 0 Å². The van der Waals surface area contributed by atoms with Crippen LogP contribution >= 0.6 is 0 Å². The van der Waals surface area contributed by atoms with Gasteiger partial charge in [-0.15, -0.1) is 0 Å². The molecule has 0 aromatic carbocycles. The van der Waals surface area contributed by atoms with Gasteiger partial charge in [-0.2, -0.15) is 5.10 Å². The quantitative estimate of drug-likeness (QED) is 0.602. The summed E-state index contributed by atoms with van der Waals surface area (Å²) >= 11 is 0. The van der Waals surface area contributed by atoms with Gasteiger partial charge in [0.1, 0.15) is 5.69 Å². The van der Waals surface area contributed by atoms with Gasteiger partial charge in [-0.05, 0) is 0 Å². The van der Waals surface area contributed by atoms with Crippen LogP contribution in [0.5, 0.6) is 0 Å². The smallest absolute Gasteiger partial charge is 0.181 e. The minimum Gasteiger partial charge on any atom is -0.442 e. The summed E-state index contributed by atoms with van der Waals surface area (Å²) in [6.45, 7) is 0. The molecule has 2 rings (SSSR count). The highest BCUT2D eigenvalue weighted by atomic mass is 16.3. The molecule has 11 heavy (non-hydrogen) atoms.